The first-order valence-corrected chi connectivity index (χ1v) is 6.75. The molecule has 0 aliphatic carbocycles. The minimum atomic E-state index is -0.610. The van der Waals surface area contributed by atoms with Crippen molar-refractivity contribution in [3.63, 3.8) is 0 Å². The second-order valence-corrected chi connectivity index (χ2v) is 4.82. The van der Waals surface area contributed by atoms with E-state index in [-0.39, 0.29) is 11.7 Å². The van der Waals surface area contributed by atoms with Gasteiger partial charge in [-0.25, -0.2) is 9.97 Å². The van der Waals surface area contributed by atoms with Crippen LogP contribution in [-0.4, -0.2) is 45.3 Å². The lowest BCUT2D eigenvalue weighted by Gasteiger charge is -2.24. The molecule has 1 aliphatic heterocycles. The summed E-state index contributed by atoms with van der Waals surface area (Å²) in [7, 11) is 0. The standard InChI is InChI=1S/C13H16N6O2/c14-12(20)10-7-15-13(17-8-2-5-21-6-3-8)11(18-10)9-1-4-16-19-9/h1,4,7-8H,2-3,5-6H2,(H2,14,20)(H,15,17)(H,16,19). The van der Waals surface area contributed by atoms with Crippen LogP contribution in [0.4, 0.5) is 5.82 Å². The number of carbonyl (C=O) groups excluding carboxylic acids is 1. The lowest BCUT2D eigenvalue weighted by Crippen LogP contribution is -2.29. The Morgan fingerprint density at radius 1 is 1.43 bits per heavy atom. The molecule has 1 amide bonds. The van der Waals surface area contributed by atoms with Gasteiger partial charge in [0.15, 0.2) is 5.82 Å². The van der Waals surface area contributed by atoms with Crippen molar-refractivity contribution in [2.75, 3.05) is 18.5 Å². The number of H-pyrrole nitrogens is 1. The Hall–Kier alpha value is -2.48. The maximum absolute atomic E-state index is 11.3. The van der Waals surface area contributed by atoms with Gasteiger partial charge in [-0.05, 0) is 18.9 Å². The molecule has 2 aromatic rings. The largest absolute Gasteiger partial charge is 0.381 e. The molecule has 8 nitrogen and oxygen atoms in total. The van der Waals surface area contributed by atoms with Crippen molar-refractivity contribution in [1.29, 1.82) is 0 Å². The predicted octanol–water partition coefficient (Wildman–Crippen LogP) is 0.556. The van der Waals surface area contributed by atoms with Gasteiger partial charge in [0.25, 0.3) is 5.91 Å². The smallest absolute Gasteiger partial charge is 0.268 e. The van der Waals surface area contributed by atoms with Crippen LogP contribution in [0.1, 0.15) is 23.3 Å². The molecule has 0 saturated carbocycles. The molecule has 1 aliphatic rings. The Labute approximate surface area is 121 Å². The highest BCUT2D eigenvalue weighted by Crippen LogP contribution is 2.24. The van der Waals surface area contributed by atoms with Gasteiger partial charge in [0.05, 0.1) is 11.9 Å². The van der Waals surface area contributed by atoms with Crippen LogP contribution in [0.3, 0.4) is 0 Å². The van der Waals surface area contributed by atoms with Crippen molar-refractivity contribution in [3.05, 3.63) is 24.2 Å². The summed E-state index contributed by atoms with van der Waals surface area (Å²) >= 11 is 0. The summed E-state index contributed by atoms with van der Waals surface area (Å²) in [6, 6.07) is 2.04. The molecule has 4 N–H and O–H groups in total. The second kappa shape index (κ2) is 5.88. The number of rotatable bonds is 4. The van der Waals surface area contributed by atoms with E-state index in [1.165, 1.54) is 6.20 Å². The number of aromatic nitrogens is 4. The van der Waals surface area contributed by atoms with Crippen molar-refractivity contribution in [2.24, 2.45) is 5.73 Å². The second-order valence-electron chi connectivity index (χ2n) is 4.82. The van der Waals surface area contributed by atoms with Gasteiger partial charge in [-0.15, -0.1) is 0 Å². The highest BCUT2D eigenvalue weighted by molar-refractivity contribution is 5.91. The number of carbonyl (C=O) groups is 1. The molecule has 0 spiro atoms. The van der Waals surface area contributed by atoms with E-state index in [1.807, 2.05) is 0 Å². The molecule has 3 heterocycles. The molecule has 1 fully saturated rings. The number of hydrogen-bond donors (Lipinski definition) is 3. The van der Waals surface area contributed by atoms with Crippen molar-refractivity contribution < 1.29 is 9.53 Å². The Morgan fingerprint density at radius 3 is 2.90 bits per heavy atom. The molecule has 0 radical (unpaired) electrons. The lowest BCUT2D eigenvalue weighted by atomic mass is 10.1. The average Bonchev–Trinajstić information content (AvgIpc) is 3.02. The maximum atomic E-state index is 11.3. The third-order valence-corrected chi connectivity index (χ3v) is 3.34. The van der Waals surface area contributed by atoms with Crippen LogP contribution in [0.2, 0.25) is 0 Å². The molecule has 0 unspecified atom stereocenters. The fourth-order valence-electron chi connectivity index (χ4n) is 2.22. The van der Waals surface area contributed by atoms with Gasteiger partial charge < -0.3 is 15.8 Å². The summed E-state index contributed by atoms with van der Waals surface area (Å²) in [5, 5.41) is 10.1. The number of hydrogen-bond acceptors (Lipinski definition) is 6. The number of primary amides is 1. The number of amides is 1. The third-order valence-electron chi connectivity index (χ3n) is 3.34. The minimum absolute atomic E-state index is 0.122. The number of nitrogens with two attached hydrogens (primary N) is 1. The number of aromatic amines is 1. The van der Waals surface area contributed by atoms with E-state index in [0.29, 0.717) is 17.2 Å². The SMILES string of the molecule is NC(=O)c1cnc(NC2CCOCC2)c(-c2ccn[nH]2)n1. The summed E-state index contributed by atoms with van der Waals surface area (Å²) in [6.45, 7) is 1.45. The zero-order valence-electron chi connectivity index (χ0n) is 11.4. The highest BCUT2D eigenvalue weighted by Gasteiger charge is 2.19. The molecular formula is C13H16N6O2. The van der Waals surface area contributed by atoms with Gasteiger partial charge in [-0.2, -0.15) is 5.10 Å². The monoisotopic (exact) mass is 288 g/mol. The van der Waals surface area contributed by atoms with Crippen molar-refractivity contribution >= 4 is 11.7 Å². The Bertz CT molecular complexity index is 622. The van der Waals surface area contributed by atoms with Gasteiger partial charge in [0.2, 0.25) is 0 Å². The molecule has 21 heavy (non-hydrogen) atoms. The van der Waals surface area contributed by atoms with Crippen molar-refractivity contribution in [3.8, 4) is 11.4 Å². The third kappa shape index (κ3) is 3.00. The number of nitrogens with zero attached hydrogens (tertiary/aromatic N) is 3. The molecule has 2 aromatic heterocycles. The molecule has 3 rings (SSSR count). The van der Waals surface area contributed by atoms with E-state index in [4.69, 9.17) is 10.5 Å². The van der Waals surface area contributed by atoms with Gasteiger partial charge in [0, 0.05) is 25.5 Å². The molecule has 110 valence electrons. The van der Waals surface area contributed by atoms with Gasteiger partial charge >= 0.3 is 0 Å². The summed E-state index contributed by atoms with van der Waals surface area (Å²) in [5.74, 6) is -0.00275. The van der Waals surface area contributed by atoms with E-state index in [9.17, 15) is 4.79 Å². The number of ether oxygens (including phenoxy) is 1. The Morgan fingerprint density at radius 2 is 2.24 bits per heavy atom. The van der Waals surface area contributed by atoms with E-state index in [0.717, 1.165) is 26.1 Å². The van der Waals surface area contributed by atoms with Crippen LogP contribution < -0.4 is 11.1 Å². The van der Waals surface area contributed by atoms with E-state index >= 15 is 0 Å². The lowest BCUT2D eigenvalue weighted by molar-refractivity contribution is 0.0904. The van der Waals surface area contributed by atoms with E-state index in [1.54, 1.807) is 12.3 Å². The van der Waals surface area contributed by atoms with Gasteiger partial charge in [-0.3, -0.25) is 9.89 Å². The topological polar surface area (TPSA) is 119 Å². The zero-order chi connectivity index (χ0) is 14.7. The molecular weight excluding hydrogens is 272 g/mol. The summed E-state index contributed by atoms with van der Waals surface area (Å²) < 4.78 is 5.34. The predicted molar refractivity (Wildman–Crippen MR) is 75.6 cm³/mol. The van der Waals surface area contributed by atoms with Crippen LogP contribution in [0, 0.1) is 0 Å². The molecule has 0 bridgehead atoms. The molecule has 0 aromatic carbocycles. The van der Waals surface area contributed by atoms with Crippen LogP contribution in [0.5, 0.6) is 0 Å². The molecule has 0 atom stereocenters. The summed E-state index contributed by atoms with van der Waals surface area (Å²) in [5.41, 5.74) is 6.61. The van der Waals surface area contributed by atoms with Crippen molar-refractivity contribution in [1.82, 2.24) is 20.2 Å². The summed E-state index contributed by atoms with van der Waals surface area (Å²) in [4.78, 5) is 19.8. The number of anilines is 1. The van der Waals surface area contributed by atoms with Crippen LogP contribution in [0.25, 0.3) is 11.4 Å². The van der Waals surface area contributed by atoms with Gasteiger partial charge in [0.1, 0.15) is 11.4 Å². The minimum Gasteiger partial charge on any atom is -0.381 e. The first kappa shape index (κ1) is 13.5. The number of nitrogens with one attached hydrogen (secondary N) is 2. The maximum Gasteiger partial charge on any atom is 0.268 e. The Balaban J connectivity index is 1.92. The molecule has 8 heteroatoms. The van der Waals surface area contributed by atoms with Crippen LogP contribution >= 0.6 is 0 Å². The first-order chi connectivity index (χ1) is 10.2. The highest BCUT2D eigenvalue weighted by atomic mass is 16.5. The quantitative estimate of drug-likeness (QED) is 0.756. The van der Waals surface area contributed by atoms with Crippen molar-refractivity contribution in [2.45, 2.75) is 18.9 Å². The summed E-state index contributed by atoms with van der Waals surface area (Å²) in [6.07, 6.45) is 4.80. The van der Waals surface area contributed by atoms with Crippen LogP contribution in [-0.2, 0) is 4.74 Å². The average molecular weight is 288 g/mol. The van der Waals surface area contributed by atoms with Gasteiger partial charge in [-0.1, -0.05) is 0 Å². The molecule has 1 saturated heterocycles. The van der Waals surface area contributed by atoms with E-state index in [2.05, 4.69) is 25.5 Å². The van der Waals surface area contributed by atoms with Crippen LogP contribution in [0.15, 0.2) is 18.5 Å². The van der Waals surface area contributed by atoms with E-state index < -0.39 is 5.91 Å². The normalized spacial score (nSPS) is 15.8. The fraction of sp³-hybridized carbons (Fsp3) is 0.385. The zero-order valence-corrected chi connectivity index (χ0v) is 11.4. The first-order valence-electron chi connectivity index (χ1n) is 6.75. The Kier molecular flexibility index (Phi) is 3.78. The fourth-order valence-corrected chi connectivity index (χ4v) is 2.22.